The van der Waals surface area contributed by atoms with Gasteiger partial charge in [0.2, 0.25) is 0 Å². The van der Waals surface area contributed by atoms with Crippen molar-refractivity contribution in [2.75, 3.05) is 18.6 Å². The van der Waals surface area contributed by atoms with Gasteiger partial charge >= 0.3 is 0 Å². The van der Waals surface area contributed by atoms with E-state index in [-0.39, 0.29) is 6.04 Å². The average Bonchev–Trinajstić information content (AvgIpc) is 2.69. The molecule has 0 spiro atoms. The van der Waals surface area contributed by atoms with Gasteiger partial charge in [-0.1, -0.05) is 17.7 Å². The first-order chi connectivity index (χ1) is 12.7. The molecule has 2 aromatic rings. The third kappa shape index (κ3) is 3.68. The van der Waals surface area contributed by atoms with Crippen molar-refractivity contribution in [3.05, 3.63) is 58.9 Å². The van der Waals surface area contributed by atoms with Gasteiger partial charge in [-0.15, -0.1) is 0 Å². The minimum atomic E-state index is 0.276. The SMILES string of the molecule is CCN(c1ccc(C#N)c(Cl)c1)C1C=C(c2cnccc2OC)CCC1. The lowest BCUT2D eigenvalue weighted by molar-refractivity contribution is 0.412. The predicted molar refractivity (Wildman–Crippen MR) is 106 cm³/mol. The minimum Gasteiger partial charge on any atom is -0.496 e. The van der Waals surface area contributed by atoms with Crippen molar-refractivity contribution in [3.8, 4) is 11.8 Å². The first-order valence-corrected chi connectivity index (χ1v) is 9.21. The first-order valence-electron chi connectivity index (χ1n) is 8.83. The first kappa shape index (κ1) is 18.3. The zero-order chi connectivity index (χ0) is 18.5. The van der Waals surface area contributed by atoms with E-state index in [1.54, 1.807) is 19.4 Å². The number of anilines is 1. The maximum Gasteiger partial charge on any atom is 0.129 e. The Labute approximate surface area is 159 Å². The molecular weight excluding hydrogens is 346 g/mol. The Morgan fingerprint density at radius 2 is 2.23 bits per heavy atom. The summed E-state index contributed by atoms with van der Waals surface area (Å²) in [6, 6.07) is 9.94. The molecule has 0 aliphatic heterocycles. The summed E-state index contributed by atoms with van der Waals surface area (Å²) in [6.07, 6.45) is 9.15. The van der Waals surface area contributed by atoms with Crippen molar-refractivity contribution in [2.24, 2.45) is 0 Å². The average molecular weight is 368 g/mol. The molecule has 0 fully saturated rings. The van der Waals surface area contributed by atoms with Crippen molar-refractivity contribution in [1.82, 2.24) is 4.98 Å². The van der Waals surface area contributed by atoms with E-state index in [0.717, 1.165) is 42.8 Å². The second kappa shape index (κ2) is 8.25. The summed E-state index contributed by atoms with van der Waals surface area (Å²) in [4.78, 5) is 6.59. The van der Waals surface area contributed by atoms with Crippen LogP contribution in [0, 0.1) is 11.3 Å². The van der Waals surface area contributed by atoms with E-state index in [1.807, 2.05) is 24.4 Å². The fourth-order valence-electron chi connectivity index (χ4n) is 3.55. The van der Waals surface area contributed by atoms with Crippen molar-refractivity contribution in [3.63, 3.8) is 0 Å². The number of nitriles is 1. The van der Waals surface area contributed by atoms with Gasteiger partial charge in [-0.05, 0) is 56.0 Å². The van der Waals surface area contributed by atoms with Crippen LogP contribution in [0.25, 0.3) is 5.57 Å². The highest BCUT2D eigenvalue weighted by Gasteiger charge is 2.22. The van der Waals surface area contributed by atoms with Gasteiger partial charge in [-0.2, -0.15) is 5.26 Å². The zero-order valence-corrected chi connectivity index (χ0v) is 15.8. The molecule has 0 saturated heterocycles. The second-order valence-corrected chi connectivity index (χ2v) is 6.70. The van der Waals surface area contributed by atoms with Crippen LogP contribution in [0.15, 0.2) is 42.7 Å². The molecule has 1 aromatic carbocycles. The van der Waals surface area contributed by atoms with E-state index < -0.39 is 0 Å². The number of hydrogen-bond acceptors (Lipinski definition) is 4. The van der Waals surface area contributed by atoms with Gasteiger partial charge < -0.3 is 9.64 Å². The molecule has 0 radical (unpaired) electrons. The van der Waals surface area contributed by atoms with Gasteiger partial charge in [-0.25, -0.2) is 0 Å². The van der Waals surface area contributed by atoms with Crippen LogP contribution in [0.1, 0.15) is 37.3 Å². The van der Waals surface area contributed by atoms with E-state index in [2.05, 4.69) is 29.0 Å². The molecule has 0 amide bonds. The molecule has 1 atom stereocenters. The van der Waals surface area contributed by atoms with E-state index in [1.165, 1.54) is 5.57 Å². The molecule has 4 nitrogen and oxygen atoms in total. The summed E-state index contributed by atoms with van der Waals surface area (Å²) in [6.45, 7) is 3.00. The summed E-state index contributed by atoms with van der Waals surface area (Å²) in [5, 5.41) is 9.59. The van der Waals surface area contributed by atoms with Crippen LogP contribution in [0.2, 0.25) is 5.02 Å². The van der Waals surface area contributed by atoms with Crippen LogP contribution in [-0.4, -0.2) is 24.7 Å². The quantitative estimate of drug-likeness (QED) is 0.739. The standard InChI is InChI=1S/C21H22ClN3O/c1-3-25(18-8-7-16(13-23)20(22)12-18)17-6-4-5-15(11-17)19-14-24-10-9-21(19)26-2/h7-12,14,17H,3-6H2,1-2H3. The van der Waals surface area contributed by atoms with Crippen molar-refractivity contribution in [2.45, 2.75) is 32.2 Å². The molecule has 0 saturated carbocycles. The Balaban J connectivity index is 1.94. The Hall–Kier alpha value is -2.51. The number of nitrogens with zero attached hydrogens (tertiary/aromatic N) is 3. The lowest BCUT2D eigenvalue weighted by Gasteiger charge is -2.34. The number of rotatable bonds is 5. The molecule has 0 N–H and O–H groups in total. The fourth-order valence-corrected chi connectivity index (χ4v) is 3.77. The fraction of sp³-hybridized carbons (Fsp3) is 0.333. The van der Waals surface area contributed by atoms with Crippen LogP contribution in [0.5, 0.6) is 5.75 Å². The van der Waals surface area contributed by atoms with E-state index in [0.29, 0.717) is 10.6 Å². The minimum absolute atomic E-state index is 0.276. The largest absolute Gasteiger partial charge is 0.496 e. The van der Waals surface area contributed by atoms with Gasteiger partial charge in [0.25, 0.3) is 0 Å². The number of aromatic nitrogens is 1. The van der Waals surface area contributed by atoms with Crippen LogP contribution in [-0.2, 0) is 0 Å². The second-order valence-electron chi connectivity index (χ2n) is 6.29. The van der Waals surface area contributed by atoms with Crippen LogP contribution < -0.4 is 9.64 Å². The van der Waals surface area contributed by atoms with Gasteiger partial charge in [0.15, 0.2) is 0 Å². The third-order valence-electron chi connectivity index (χ3n) is 4.83. The maximum atomic E-state index is 9.09. The molecule has 1 aliphatic rings. The van der Waals surface area contributed by atoms with Crippen LogP contribution >= 0.6 is 11.6 Å². The van der Waals surface area contributed by atoms with E-state index in [9.17, 15) is 0 Å². The summed E-state index contributed by atoms with van der Waals surface area (Å²) < 4.78 is 5.50. The number of benzene rings is 1. The molecule has 5 heteroatoms. The highest BCUT2D eigenvalue weighted by Crippen LogP contribution is 2.35. The smallest absolute Gasteiger partial charge is 0.129 e. The number of halogens is 1. The number of methoxy groups -OCH3 is 1. The zero-order valence-electron chi connectivity index (χ0n) is 15.1. The normalized spacial score (nSPS) is 16.5. The lowest BCUT2D eigenvalue weighted by atomic mass is 9.90. The summed E-state index contributed by atoms with van der Waals surface area (Å²) in [5.41, 5.74) is 3.88. The highest BCUT2D eigenvalue weighted by atomic mass is 35.5. The molecule has 3 rings (SSSR count). The maximum absolute atomic E-state index is 9.09. The van der Waals surface area contributed by atoms with E-state index >= 15 is 0 Å². The number of likely N-dealkylation sites (N-methyl/N-ethyl adjacent to an activating group) is 1. The molecule has 0 bridgehead atoms. The number of pyridine rings is 1. The highest BCUT2D eigenvalue weighted by molar-refractivity contribution is 6.32. The van der Waals surface area contributed by atoms with Crippen molar-refractivity contribution >= 4 is 22.9 Å². The van der Waals surface area contributed by atoms with Crippen LogP contribution in [0.3, 0.4) is 0 Å². The molecule has 1 aliphatic carbocycles. The molecule has 1 heterocycles. The van der Waals surface area contributed by atoms with Crippen molar-refractivity contribution in [1.29, 1.82) is 5.26 Å². The van der Waals surface area contributed by atoms with Crippen molar-refractivity contribution < 1.29 is 4.74 Å². The molecule has 26 heavy (non-hydrogen) atoms. The third-order valence-corrected chi connectivity index (χ3v) is 5.15. The molecule has 134 valence electrons. The van der Waals surface area contributed by atoms with E-state index in [4.69, 9.17) is 21.6 Å². The number of allylic oxidation sites excluding steroid dienone is 1. The van der Waals surface area contributed by atoms with Gasteiger partial charge in [0.05, 0.1) is 17.7 Å². The summed E-state index contributed by atoms with van der Waals surface area (Å²) >= 11 is 6.24. The number of ether oxygens (including phenoxy) is 1. The molecule has 1 unspecified atom stereocenters. The molecule has 1 aromatic heterocycles. The topological polar surface area (TPSA) is 49.2 Å². The van der Waals surface area contributed by atoms with Gasteiger partial charge in [-0.3, -0.25) is 4.98 Å². The van der Waals surface area contributed by atoms with Gasteiger partial charge in [0.1, 0.15) is 11.8 Å². The summed E-state index contributed by atoms with van der Waals surface area (Å²) in [5.74, 6) is 0.858. The Kier molecular flexibility index (Phi) is 5.80. The molecular formula is C21H22ClN3O. The predicted octanol–water partition coefficient (Wildman–Crippen LogP) is 5.08. The Bertz CT molecular complexity index is 857. The summed E-state index contributed by atoms with van der Waals surface area (Å²) in [7, 11) is 1.69. The monoisotopic (exact) mass is 367 g/mol. The Morgan fingerprint density at radius 3 is 2.92 bits per heavy atom. The number of hydrogen-bond donors (Lipinski definition) is 0. The van der Waals surface area contributed by atoms with Crippen LogP contribution in [0.4, 0.5) is 5.69 Å². The Morgan fingerprint density at radius 1 is 1.38 bits per heavy atom. The lowest BCUT2D eigenvalue weighted by Crippen LogP contribution is -2.35. The van der Waals surface area contributed by atoms with Gasteiger partial charge in [0, 0.05) is 36.2 Å².